The molecule has 2 aromatic rings. The zero-order chi connectivity index (χ0) is 13.1. The zero-order valence-electron chi connectivity index (χ0n) is 10.2. The molecule has 2 nitrogen and oxygen atoms in total. The summed E-state index contributed by atoms with van der Waals surface area (Å²) in [6.45, 7) is 0. The van der Waals surface area contributed by atoms with Crippen molar-refractivity contribution in [3.63, 3.8) is 0 Å². The largest absolute Gasteiger partial charge is 0.388 e. The van der Waals surface area contributed by atoms with Gasteiger partial charge in [0.1, 0.15) is 11.6 Å². The van der Waals surface area contributed by atoms with Crippen LogP contribution in [0.2, 0.25) is 0 Å². The minimum absolute atomic E-state index is 0.211. The van der Waals surface area contributed by atoms with Crippen LogP contribution in [-0.2, 0) is 0 Å². The molecule has 0 saturated heterocycles. The lowest BCUT2D eigenvalue weighted by Gasteiger charge is -2.20. The third kappa shape index (κ3) is 2.42. The maximum absolute atomic E-state index is 13.7. The fraction of sp³-hybridized carbons (Fsp3) is 0.143. The average molecular weight is 248 g/mol. The van der Waals surface area contributed by atoms with Crippen LogP contribution >= 0.6 is 0 Å². The summed E-state index contributed by atoms with van der Waals surface area (Å²) in [6.07, 6.45) is 0. The van der Waals surface area contributed by atoms with Crippen molar-refractivity contribution in [2.45, 2.75) is 0 Å². The van der Waals surface area contributed by atoms with Gasteiger partial charge in [0.05, 0.1) is 5.69 Å². The van der Waals surface area contributed by atoms with Crippen molar-refractivity contribution in [3.8, 4) is 0 Å². The van der Waals surface area contributed by atoms with Crippen LogP contribution in [0.4, 0.5) is 25.8 Å². The molecule has 18 heavy (non-hydrogen) atoms. The van der Waals surface area contributed by atoms with Gasteiger partial charge in [-0.1, -0.05) is 6.07 Å². The van der Waals surface area contributed by atoms with Crippen molar-refractivity contribution < 1.29 is 8.78 Å². The number of hydrogen-bond acceptors (Lipinski definition) is 2. The molecular formula is C14H14F2N2. The Kier molecular flexibility index (Phi) is 3.46. The van der Waals surface area contributed by atoms with Crippen molar-refractivity contribution in [1.29, 1.82) is 0 Å². The Hall–Kier alpha value is -2.10. The van der Waals surface area contributed by atoms with Gasteiger partial charge in [0, 0.05) is 31.5 Å². The Labute approximate surface area is 105 Å². The van der Waals surface area contributed by atoms with E-state index in [1.165, 1.54) is 6.07 Å². The van der Waals surface area contributed by atoms with E-state index < -0.39 is 11.6 Å². The lowest BCUT2D eigenvalue weighted by atomic mass is 10.2. The van der Waals surface area contributed by atoms with Gasteiger partial charge >= 0.3 is 0 Å². The fourth-order valence-electron chi connectivity index (χ4n) is 1.75. The smallest absolute Gasteiger partial charge is 0.147 e. The second-order valence-corrected chi connectivity index (χ2v) is 3.96. The highest BCUT2D eigenvalue weighted by molar-refractivity contribution is 5.67. The summed E-state index contributed by atoms with van der Waals surface area (Å²) in [6, 6.07) is 10.9. The zero-order valence-corrected chi connectivity index (χ0v) is 10.2. The van der Waals surface area contributed by atoms with Gasteiger partial charge in [-0.25, -0.2) is 8.78 Å². The number of nitrogens with one attached hydrogen (secondary N) is 1. The van der Waals surface area contributed by atoms with E-state index in [2.05, 4.69) is 5.32 Å². The molecule has 2 aromatic carbocycles. The van der Waals surface area contributed by atoms with Crippen LogP contribution in [0, 0.1) is 11.6 Å². The third-order valence-corrected chi connectivity index (χ3v) is 2.79. The Morgan fingerprint density at radius 3 is 2.56 bits per heavy atom. The molecule has 1 N–H and O–H groups in total. The first-order valence-corrected chi connectivity index (χ1v) is 5.58. The molecule has 2 rings (SSSR count). The minimum Gasteiger partial charge on any atom is -0.388 e. The van der Waals surface area contributed by atoms with Crippen molar-refractivity contribution in [1.82, 2.24) is 0 Å². The van der Waals surface area contributed by atoms with E-state index in [-0.39, 0.29) is 5.69 Å². The summed E-state index contributed by atoms with van der Waals surface area (Å²) in [4.78, 5) is 1.61. The van der Waals surface area contributed by atoms with Crippen molar-refractivity contribution in [3.05, 3.63) is 54.1 Å². The van der Waals surface area contributed by atoms with Crippen molar-refractivity contribution in [2.24, 2.45) is 0 Å². The lowest BCUT2D eigenvalue weighted by Crippen LogP contribution is -2.11. The van der Waals surface area contributed by atoms with Gasteiger partial charge in [-0.05, 0) is 30.3 Å². The van der Waals surface area contributed by atoms with Crippen LogP contribution in [-0.4, -0.2) is 14.1 Å². The third-order valence-electron chi connectivity index (χ3n) is 2.79. The standard InChI is InChI=1S/C14H14F2N2/c1-17-11-4-3-5-12(9-11)18(2)14-8-10(15)6-7-13(14)16/h3-9,17H,1-2H3. The van der Waals surface area contributed by atoms with Crippen LogP contribution in [0.1, 0.15) is 0 Å². The first-order chi connectivity index (χ1) is 8.61. The number of anilines is 3. The maximum atomic E-state index is 13.7. The highest BCUT2D eigenvalue weighted by Gasteiger charge is 2.10. The van der Waals surface area contributed by atoms with E-state index in [0.717, 1.165) is 23.5 Å². The maximum Gasteiger partial charge on any atom is 0.147 e. The topological polar surface area (TPSA) is 15.3 Å². The van der Waals surface area contributed by atoms with E-state index in [1.807, 2.05) is 31.3 Å². The van der Waals surface area contributed by atoms with Gasteiger partial charge in [0.2, 0.25) is 0 Å². The molecule has 0 unspecified atom stereocenters. The summed E-state index contributed by atoms with van der Waals surface area (Å²) in [5.74, 6) is -0.906. The van der Waals surface area contributed by atoms with E-state index in [9.17, 15) is 8.78 Å². The molecule has 0 bridgehead atoms. The fourth-order valence-corrected chi connectivity index (χ4v) is 1.75. The van der Waals surface area contributed by atoms with Crippen LogP contribution in [0.5, 0.6) is 0 Å². The normalized spacial score (nSPS) is 10.2. The Morgan fingerprint density at radius 1 is 1.06 bits per heavy atom. The van der Waals surface area contributed by atoms with E-state index in [0.29, 0.717) is 0 Å². The lowest BCUT2D eigenvalue weighted by molar-refractivity contribution is 0.600. The van der Waals surface area contributed by atoms with E-state index in [4.69, 9.17) is 0 Å². The highest BCUT2D eigenvalue weighted by Crippen LogP contribution is 2.28. The molecule has 4 heteroatoms. The summed E-state index contributed by atoms with van der Waals surface area (Å²) >= 11 is 0. The Bertz CT molecular complexity index is 555. The quantitative estimate of drug-likeness (QED) is 0.889. The molecule has 0 fully saturated rings. The molecule has 0 aliphatic heterocycles. The predicted molar refractivity (Wildman–Crippen MR) is 70.4 cm³/mol. The molecule has 0 heterocycles. The van der Waals surface area contributed by atoms with Crippen LogP contribution < -0.4 is 10.2 Å². The van der Waals surface area contributed by atoms with Crippen LogP contribution in [0.15, 0.2) is 42.5 Å². The first kappa shape index (κ1) is 12.4. The number of nitrogens with zero attached hydrogens (tertiary/aromatic N) is 1. The number of hydrogen-bond donors (Lipinski definition) is 1. The van der Waals surface area contributed by atoms with Gasteiger partial charge in [-0.2, -0.15) is 0 Å². The predicted octanol–water partition coefficient (Wildman–Crippen LogP) is 3.77. The number of rotatable bonds is 3. The van der Waals surface area contributed by atoms with Gasteiger partial charge in [-0.3, -0.25) is 0 Å². The van der Waals surface area contributed by atoms with Gasteiger partial charge in [0.25, 0.3) is 0 Å². The Balaban J connectivity index is 2.40. The molecule has 0 radical (unpaired) electrons. The molecule has 94 valence electrons. The minimum atomic E-state index is -0.456. The van der Waals surface area contributed by atoms with Gasteiger partial charge in [-0.15, -0.1) is 0 Å². The molecule has 0 amide bonds. The molecular weight excluding hydrogens is 234 g/mol. The van der Waals surface area contributed by atoms with Gasteiger partial charge < -0.3 is 10.2 Å². The molecule has 0 spiro atoms. The number of benzene rings is 2. The van der Waals surface area contributed by atoms with E-state index >= 15 is 0 Å². The van der Waals surface area contributed by atoms with Gasteiger partial charge in [0.15, 0.2) is 0 Å². The summed E-state index contributed by atoms with van der Waals surface area (Å²) in [5, 5.41) is 3.01. The molecule has 0 aliphatic rings. The molecule has 0 aliphatic carbocycles. The van der Waals surface area contributed by atoms with Crippen molar-refractivity contribution >= 4 is 17.1 Å². The second-order valence-electron chi connectivity index (χ2n) is 3.96. The summed E-state index contributed by atoms with van der Waals surface area (Å²) < 4.78 is 26.8. The number of halogens is 2. The molecule has 0 saturated carbocycles. The average Bonchev–Trinajstić information content (AvgIpc) is 2.41. The van der Waals surface area contributed by atoms with Crippen molar-refractivity contribution in [2.75, 3.05) is 24.3 Å². The molecule has 0 aromatic heterocycles. The van der Waals surface area contributed by atoms with Crippen LogP contribution in [0.25, 0.3) is 0 Å². The monoisotopic (exact) mass is 248 g/mol. The second kappa shape index (κ2) is 5.04. The summed E-state index contributed by atoms with van der Waals surface area (Å²) in [5.41, 5.74) is 1.91. The van der Waals surface area contributed by atoms with E-state index in [1.54, 1.807) is 11.9 Å². The SMILES string of the molecule is CNc1cccc(N(C)c2cc(F)ccc2F)c1. The Morgan fingerprint density at radius 2 is 1.83 bits per heavy atom. The highest BCUT2D eigenvalue weighted by atomic mass is 19.1. The van der Waals surface area contributed by atoms with Crippen LogP contribution in [0.3, 0.4) is 0 Å². The molecule has 0 atom stereocenters. The first-order valence-electron chi connectivity index (χ1n) is 5.58. The summed E-state index contributed by atoms with van der Waals surface area (Å²) in [7, 11) is 3.51.